The predicted molar refractivity (Wildman–Crippen MR) is 86.0 cm³/mol. The molecule has 1 saturated carbocycles. The van der Waals surface area contributed by atoms with Crippen LogP contribution in [0.5, 0.6) is 0 Å². The Kier molecular flexibility index (Phi) is 4.62. The number of hydrogen-bond acceptors (Lipinski definition) is 3. The summed E-state index contributed by atoms with van der Waals surface area (Å²) in [6, 6.07) is 4.42. The summed E-state index contributed by atoms with van der Waals surface area (Å²) in [7, 11) is 0. The van der Waals surface area contributed by atoms with Crippen molar-refractivity contribution in [3.05, 3.63) is 20.8 Å². The third-order valence-electron chi connectivity index (χ3n) is 4.57. The molecule has 1 N–H and O–H groups in total. The Labute approximate surface area is 128 Å². The summed E-state index contributed by atoms with van der Waals surface area (Å²) < 4.78 is 1.26. The summed E-state index contributed by atoms with van der Waals surface area (Å²) >= 11 is 5.43. The summed E-state index contributed by atoms with van der Waals surface area (Å²) in [4.78, 5) is 4.18. The fourth-order valence-electron chi connectivity index (χ4n) is 3.55. The van der Waals surface area contributed by atoms with Crippen molar-refractivity contribution in [2.45, 2.75) is 44.1 Å². The van der Waals surface area contributed by atoms with Crippen LogP contribution in [0.15, 0.2) is 15.9 Å². The average molecular weight is 343 g/mol. The Morgan fingerprint density at radius 3 is 2.84 bits per heavy atom. The van der Waals surface area contributed by atoms with Crippen LogP contribution in [0.3, 0.4) is 0 Å². The van der Waals surface area contributed by atoms with E-state index in [1.807, 2.05) is 11.3 Å². The molecule has 1 aliphatic heterocycles. The molecule has 1 aliphatic carbocycles. The third-order valence-corrected chi connectivity index (χ3v) is 6.25. The van der Waals surface area contributed by atoms with Crippen LogP contribution in [0.4, 0.5) is 0 Å². The van der Waals surface area contributed by atoms with Crippen molar-refractivity contribution in [1.29, 1.82) is 0 Å². The van der Waals surface area contributed by atoms with E-state index in [4.69, 9.17) is 0 Å². The van der Waals surface area contributed by atoms with E-state index >= 15 is 0 Å². The van der Waals surface area contributed by atoms with Crippen LogP contribution in [0.2, 0.25) is 0 Å². The molecule has 2 heterocycles. The van der Waals surface area contributed by atoms with Gasteiger partial charge >= 0.3 is 0 Å². The molecular formula is C15H23BrN2S. The normalized spacial score (nSPS) is 23.8. The number of halogens is 1. The first kappa shape index (κ1) is 14.1. The highest BCUT2D eigenvalue weighted by molar-refractivity contribution is 9.11. The summed E-state index contributed by atoms with van der Waals surface area (Å²) in [6.07, 6.45) is 8.23. The Balaban J connectivity index is 1.53. The first-order valence-electron chi connectivity index (χ1n) is 7.47. The van der Waals surface area contributed by atoms with Gasteiger partial charge in [-0.1, -0.05) is 19.3 Å². The smallest absolute Gasteiger partial charge is 0.0701 e. The number of thiophene rings is 1. The van der Waals surface area contributed by atoms with E-state index in [-0.39, 0.29) is 0 Å². The topological polar surface area (TPSA) is 15.3 Å². The van der Waals surface area contributed by atoms with Crippen molar-refractivity contribution in [2.24, 2.45) is 0 Å². The average Bonchev–Trinajstić information content (AvgIpc) is 2.83. The Morgan fingerprint density at radius 1 is 1.26 bits per heavy atom. The van der Waals surface area contributed by atoms with Crippen LogP contribution in [-0.4, -0.2) is 36.6 Å². The van der Waals surface area contributed by atoms with Gasteiger partial charge in [0.05, 0.1) is 3.79 Å². The van der Waals surface area contributed by atoms with E-state index in [1.54, 1.807) is 0 Å². The molecule has 2 aliphatic rings. The molecule has 106 valence electrons. The summed E-state index contributed by atoms with van der Waals surface area (Å²) in [5.41, 5.74) is 0.451. The minimum absolute atomic E-state index is 0.451. The maximum Gasteiger partial charge on any atom is 0.0701 e. The van der Waals surface area contributed by atoms with Crippen molar-refractivity contribution >= 4 is 27.3 Å². The molecular weight excluding hydrogens is 320 g/mol. The molecule has 1 spiro atoms. The van der Waals surface area contributed by atoms with Gasteiger partial charge in [-0.05, 0) is 47.3 Å². The summed E-state index contributed by atoms with van der Waals surface area (Å²) in [5.74, 6) is 0. The lowest BCUT2D eigenvalue weighted by molar-refractivity contribution is 0.100. The summed E-state index contributed by atoms with van der Waals surface area (Å²) in [5, 5.41) is 3.82. The molecule has 0 bridgehead atoms. The first-order chi connectivity index (χ1) is 9.26. The zero-order chi connectivity index (χ0) is 13.1. The molecule has 0 atom stereocenters. The molecule has 3 rings (SSSR count). The molecule has 1 aromatic rings. The van der Waals surface area contributed by atoms with Gasteiger partial charge in [-0.3, -0.25) is 4.90 Å². The lowest BCUT2D eigenvalue weighted by Gasteiger charge is -2.46. The zero-order valence-corrected chi connectivity index (χ0v) is 13.9. The van der Waals surface area contributed by atoms with Crippen LogP contribution in [0, 0.1) is 0 Å². The number of nitrogens with one attached hydrogen (secondary N) is 1. The van der Waals surface area contributed by atoms with Gasteiger partial charge in [-0.25, -0.2) is 0 Å². The molecule has 1 aromatic heterocycles. The molecule has 0 radical (unpaired) electrons. The van der Waals surface area contributed by atoms with Gasteiger partial charge < -0.3 is 5.32 Å². The predicted octanol–water partition coefficient (Wildman–Crippen LogP) is 3.66. The van der Waals surface area contributed by atoms with Crippen molar-refractivity contribution in [3.63, 3.8) is 0 Å². The van der Waals surface area contributed by atoms with Crippen LogP contribution < -0.4 is 5.32 Å². The van der Waals surface area contributed by atoms with Crippen LogP contribution in [0.1, 0.15) is 37.0 Å². The van der Waals surface area contributed by atoms with E-state index < -0.39 is 0 Å². The SMILES string of the molecule is Brc1ccc(CCN2CCNC3(CCCCC3)C2)s1. The molecule has 4 heteroatoms. The van der Waals surface area contributed by atoms with Crippen molar-refractivity contribution in [3.8, 4) is 0 Å². The van der Waals surface area contributed by atoms with E-state index in [0.717, 1.165) is 0 Å². The second-order valence-electron chi connectivity index (χ2n) is 6.00. The highest BCUT2D eigenvalue weighted by Crippen LogP contribution is 2.30. The molecule has 0 amide bonds. The van der Waals surface area contributed by atoms with Gasteiger partial charge in [0, 0.05) is 36.6 Å². The minimum atomic E-state index is 0.451. The zero-order valence-electron chi connectivity index (χ0n) is 11.5. The maximum atomic E-state index is 3.82. The number of hydrogen-bond donors (Lipinski definition) is 1. The van der Waals surface area contributed by atoms with E-state index in [0.29, 0.717) is 5.54 Å². The van der Waals surface area contributed by atoms with Crippen molar-refractivity contribution < 1.29 is 0 Å². The Morgan fingerprint density at radius 2 is 2.11 bits per heavy atom. The number of rotatable bonds is 3. The second kappa shape index (κ2) is 6.25. The Hall–Kier alpha value is 0.1000. The molecule has 2 fully saturated rings. The molecule has 0 unspecified atom stereocenters. The number of piperazine rings is 1. The van der Waals surface area contributed by atoms with Gasteiger partial charge in [0.15, 0.2) is 0 Å². The van der Waals surface area contributed by atoms with E-state index in [2.05, 4.69) is 38.3 Å². The number of nitrogens with zero attached hydrogens (tertiary/aromatic N) is 1. The lowest BCUT2D eigenvalue weighted by atomic mass is 9.80. The summed E-state index contributed by atoms with van der Waals surface area (Å²) in [6.45, 7) is 4.87. The fourth-order valence-corrected chi connectivity index (χ4v) is 5.02. The molecule has 1 saturated heterocycles. The van der Waals surface area contributed by atoms with Gasteiger partial charge in [-0.15, -0.1) is 11.3 Å². The molecule has 19 heavy (non-hydrogen) atoms. The fraction of sp³-hybridized carbons (Fsp3) is 0.733. The minimum Gasteiger partial charge on any atom is -0.309 e. The van der Waals surface area contributed by atoms with Crippen LogP contribution in [-0.2, 0) is 6.42 Å². The Bertz CT molecular complexity index is 407. The van der Waals surface area contributed by atoms with Gasteiger partial charge in [0.1, 0.15) is 0 Å². The molecule has 0 aromatic carbocycles. The van der Waals surface area contributed by atoms with Gasteiger partial charge in [-0.2, -0.15) is 0 Å². The van der Waals surface area contributed by atoms with Crippen LogP contribution >= 0.6 is 27.3 Å². The quantitative estimate of drug-likeness (QED) is 0.901. The van der Waals surface area contributed by atoms with Gasteiger partial charge in [0.25, 0.3) is 0 Å². The van der Waals surface area contributed by atoms with Gasteiger partial charge in [0.2, 0.25) is 0 Å². The van der Waals surface area contributed by atoms with Crippen molar-refractivity contribution in [1.82, 2.24) is 10.2 Å². The third kappa shape index (κ3) is 3.60. The van der Waals surface area contributed by atoms with Crippen LogP contribution in [0.25, 0.3) is 0 Å². The highest BCUT2D eigenvalue weighted by atomic mass is 79.9. The van der Waals surface area contributed by atoms with E-state index in [9.17, 15) is 0 Å². The standard InChI is InChI=1S/C15H23BrN2S/c16-14-5-4-13(19-14)6-10-18-11-9-17-15(12-18)7-2-1-3-8-15/h4-5,17H,1-3,6-12H2. The highest BCUT2D eigenvalue weighted by Gasteiger charge is 2.35. The lowest BCUT2D eigenvalue weighted by Crippen LogP contribution is -2.61. The largest absolute Gasteiger partial charge is 0.309 e. The second-order valence-corrected chi connectivity index (χ2v) is 8.55. The monoisotopic (exact) mass is 342 g/mol. The maximum absolute atomic E-state index is 3.82. The first-order valence-corrected chi connectivity index (χ1v) is 9.08. The van der Waals surface area contributed by atoms with E-state index in [1.165, 1.54) is 73.4 Å². The van der Waals surface area contributed by atoms with Crippen molar-refractivity contribution in [2.75, 3.05) is 26.2 Å². The molecule has 2 nitrogen and oxygen atoms in total.